The van der Waals surface area contributed by atoms with Gasteiger partial charge in [-0.25, -0.2) is 0 Å². The van der Waals surface area contributed by atoms with E-state index in [1.807, 2.05) is 0 Å². The third kappa shape index (κ3) is 7.09. The average Bonchev–Trinajstić information content (AvgIpc) is 2.98. The van der Waals surface area contributed by atoms with Gasteiger partial charge in [0.2, 0.25) is 11.8 Å². The van der Waals surface area contributed by atoms with E-state index in [0.29, 0.717) is 11.6 Å². The third-order valence-corrected chi connectivity index (χ3v) is 3.93. The molecule has 0 saturated carbocycles. The standard InChI is InChI=1S/C16H17F2N3O4S/c1-10-6-13(21-25-10)20-15(23)9-26-8-14(22)19-7-11-2-4-12(5-3-11)24-16(17)18/h2-6,16H,7-9H2,1H3,(H,19,22)(H,20,21,23). The Morgan fingerprint density at radius 3 is 2.54 bits per heavy atom. The number of carbonyl (C=O) groups is 2. The van der Waals surface area contributed by atoms with Crippen LogP contribution in [-0.2, 0) is 16.1 Å². The summed E-state index contributed by atoms with van der Waals surface area (Å²) in [6.07, 6.45) is 0. The molecule has 0 fully saturated rings. The van der Waals surface area contributed by atoms with E-state index < -0.39 is 6.61 Å². The van der Waals surface area contributed by atoms with Crippen molar-refractivity contribution in [3.63, 3.8) is 0 Å². The van der Waals surface area contributed by atoms with Gasteiger partial charge in [-0.2, -0.15) is 8.78 Å². The van der Waals surface area contributed by atoms with Gasteiger partial charge >= 0.3 is 6.61 Å². The molecule has 7 nitrogen and oxygen atoms in total. The van der Waals surface area contributed by atoms with E-state index >= 15 is 0 Å². The molecule has 0 saturated heterocycles. The van der Waals surface area contributed by atoms with Gasteiger partial charge in [0.25, 0.3) is 0 Å². The number of aromatic nitrogens is 1. The van der Waals surface area contributed by atoms with Gasteiger partial charge in [0.15, 0.2) is 5.82 Å². The zero-order valence-corrected chi connectivity index (χ0v) is 14.6. The molecule has 26 heavy (non-hydrogen) atoms. The van der Waals surface area contributed by atoms with Crippen molar-refractivity contribution in [2.24, 2.45) is 0 Å². The normalized spacial score (nSPS) is 10.6. The number of hydrogen-bond donors (Lipinski definition) is 2. The van der Waals surface area contributed by atoms with Crippen LogP contribution in [0.2, 0.25) is 0 Å². The molecule has 2 amide bonds. The number of nitrogens with one attached hydrogen (secondary N) is 2. The number of benzene rings is 1. The van der Waals surface area contributed by atoms with Gasteiger partial charge in [-0.3, -0.25) is 9.59 Å². The van der Waals surface area contributed by atoms with E-state index in [0.717, 1.165) is 17.3 Å². The van der Waals surface area contributed by atoms with E-state index in [2.05, 4.69) is 20.5 Å². The Morgan fingerprint density at radius 2 is 1.92 bits per heavy atom. The fraction of sp³-hybridized carbons (Fsp3) is 0.312. The lowest BCUT2D eigenvalue weighted by Crippen LogP contribution is -2.25. The smallest absolute Gasteiger partial charge is 0.387 e. The molecule has 10 heteroatoms. The number of anilines is 1. The molecule has 0 radical (unpaired) electrons. The maximum atomic E-state index is 12.1. The van der Waals surface area contributed by atoms with Crippen molar-refractivity contribution >= 4 is 29.4 Å². The SMILES string of the molecule is Cc1cc(NC(=O)CSCC(=O)NCc2ccc(OC(F)F)cc2)no1. The molecule has 1 aromatic heterocycles. The lowest BCUT2D eigenvalue weighted by Gasteiger charge is -2.07. The molecule has 0 unspecified atom stereocenters. The van der Waals surface area contributed by atoms with Crippen LogP contribution < -0.4 is 15.4 Å². The van der Waals surface area contributed by atoms with Gasteiger partial charge in [-0.15, -0.1) is 11.8 Å². The summed E-state index contributed by atoms with van der Waals surface area (Å²) in [5.74, 6) is 0.646. The van der Waals surface area contributed by atoms with E-state index in [-0.39, 0.29) is 35.6 Å². The minimum absolute atomic E-state index is 0.0546. The van der Waals surface area contributed by atoms with E-state index in [4.69, 9.17) is 4.52 Å². The summed E-state index contributed by atoms with van der Waals surface area (Å²) in [5.41, 5.74) is 0.740. The van der Waals surface area contributed by atoms with Crippen molar-refractivity contribution in [3.8, 4) is 5.75 Å². The zero-order chi connectivity index (χ0) is 18.9. The molecule has 0 aliphatic heterocycles. The highest BCUT2D eigenvalue weighted by Gasteiger charge is 2.09. The first-order chi connectivity index (χ1) is 12.4. The Balaban J connectivity index is 1.63. The van der Waals surface area contributed by atoms with Gasteiger partial charge in [0, 0.05) is 12.6 Å². The number of aryl methyl sites for hydroxylation is 1. The van der Waals surface area contributed by atoms with Crippen LogP contribution in [0.15, 0.2) is 34.9 Å². The summed E-state index contributed by atoms with van der Waals surface area (Å²) in [7, 11) is 0. The Kier molecular flexibility index (Phi) is 7.39. The lowest BCUT2D eigenvalue weighted by atomic mass is 10.2. The molecule has 140 valence electrons. The number of alkyl halides is 2. The predicted molar refractivity (Wildman–Crippen MR) is 92.1 cm³/mol. The first kappa shape index (κ1) is 19.7. The van der Waals surface area contributed by atoms with Crippen LogP contribution in [-0.4, -0.2) is 35.1 Å². The molecule has 0 bridgehead atoms. The van der Waals surface area contributed by atoms with Crippen molar-refractivity contribution in [2.75, 3.05) is 16.8 Å². The van der Waals surface area contributed by atoms with Gasteiger partial charge in [-0.05, 0) is 24.6 Å². The van der Waals surface area contributed by atoms with Gasteiger partial charge in [0.1, 0.15) is 11.5 Å². The fourth-order valence-corrected chi connectivity index (χ4v) is 2.53. The molecular weight excluding hydrogens is 368 g/mol. The Labute approximate surface area is 152 Å². The van der Waals surface area contributed by atoms with Crippen LogP contribution in [0.1, 0.15) is 11.3 Å². The molecule has 2 aromatic rings. The fourth-order valence-electron chi connectivity index (χ4n) is 1.88. The average molecular weight is 385 g/mol. The van der Waals surface area contributed by atoms with Crippen LogP contribution in [0.5, 0.6) is 5.75 Å². The van der Waals surface area contributed by atoms with Crippen LogP contribution >= 0.6 is 11.8 Å². The van der Waals surface area contributed by atoms with E-state index in [9.17, 15) is 18.4 Å². The Morgan fingerprint density at radius 1 is 1.23 bits per heavy atom. The summed E-state index contributed by atoms with van der Waals surface area (Å²) < 4.78 is 33.2. The minimum Gasteiger partial charge on any atom is -0.435 e. The maximum Gasteiger partial charge on any atom is 0.387 e. The molecule has 1 heterocycles. The largest absolute Gasteiger partial charge is 0.435 e. The minimum atomic E-state index is -2.87. The second-order valence-electron chi connectivity index (χ2n) is 5.16. The molecule has 0 aliphatic rings. The third-order valence-electron chi connectivity index (χ3n) is 3.00. The molecule has 0 atom stereocenters. The summed E-state index contributed by atoms with van der Waals surface area (Å²) in [4.78, 5) is 23.4. The molecule has 2 rings (SSSR count). The van der Waals surface area contributed by atoms with Crippen molar-refractivity contribution in [2.45, 2.75) is 20.1 Å². The summed E-state index contributed by atoms with van der Waals surface area (Å²) in [6.45, 7) is -0.914. The lowest BCUT2D eigenvalue weighted by molar-refractivity contribution is -0.118. The van der Waals surface area contributed by atoms with Crippen molar-refractivity contribution in [3.05, 3.63) is 41.7 Å². The number of ether oxygens (including phenoxy) is 1. The number of halogens is 2. The number of amides is 2. The molecular formula is C16H17F2N3O4S. The van der Waals surface area contributed by atoms with Crippen molar-refractivity contribution < 1.29 is 27.6 Å². The predicted octanol–water partition coefficient (Wildman–Crippen LogP) is 2.57. The summed E-state index contributed by atoms with van der Waals surface area (Å²) >= 11 is 1.15. The monoisotopic (exact) mass is 385 g/mol. The quantitative estimate of drug-likeness (QED) is 0.689. The van der Waals surface area contributed by atoms with Crippen LogP contribution in [0.4, 0.5) is 14.6 Å². The second kappa shape index (κ2) is 9.76. The Bertz CT molecular complexity index is 737. The Hall–Kier alpha value is -2.62. The molecule has 0 spiro atoms. The topological polar surface area (TPSA) is 93.5 Å². The number of thioether (sulfide) groups is 1. The first-order valence-electron chi connectivity index (χ1n) is 7.54. The highest BCUT2D eigenvalue weighted by atomic mass is 32.2. The molecule has 2 N–H and O–H groups in total. The molecule has 1 aromatic carbocycles. The van der Waals surface area contributed by atoms with E-state index in [1.54, 1.807) is 25.1 Å². The maximum absolute atomic E-state index is 12.1. The highest BCUT2D eigenvalue weighted by Crippen LogP contribution is 2.15. The van der Waals surface area contributed by atoms with E-state index in [1.165, 1.54) is 12.1 Å². The second-order valence-corrected chi connectivity index (χ2v) is 6.15. The number of carbonyl (C=O) groups excluding carboxylic acids is 2. The van der Waals surface area contributed by atoms with Crippen LogP contribution in [0.3, 0.4) is 0 Å². The van der Waals surface area contributed by atoms with Gasteiger partial charge in [0.05, 0.1) is 11.5 Å². The number of nitrogens with zero attached hydrogens (tertiary/aromatic N) is 1. The van der Waals surface area contributed by atoms with Gasteiger partial charge in [-0.1, -0.05) is 17.3 Å². The van der Waals surface area contributed by atoms with Crippen molar-refractivity contribution in [1.29, 1.82) is 0 Å². The zero-order valence-electron chi connectivity index (χ0n) is 13.8. The van der Waals surface area contributed by atoms with Crippen molar-refractivity contribution in [1.82, 2.24) is 10.5 Å². The number of hydrogen-bond acceptors (Lipinski definition) is 6. The first-order valence-corrected chi connectivity index (χ1v) is 8.69. The van der Waals surface area contributed by atoms with Crippen LogP contribution in [0, 0.1) is 6.92 Å². The molecule has 0 aliphatic carbocycles. The van der Waals surface area contributed by atoms with Gasteiger partial charge < -0.3 is 19.9 Å². The summed E-state index contributed by atoms with van der Waals surface area (Å²) in [5, 5.41) is 8.87. The van der Waals surface area contributed by atoms with Crippen LogP contribution in [0.25, 0.3) is 0 Å². The highest BCUT2D eigenvalue weighted by molar-refractivity contribution is 8.00. The number of rotatable bonds is 9. The summed E-state index contributed by atoms with van der Waals surface area (Å²) in [6, 6.07) is 7.56.